The summed E-state index contributed by atoms with van der Waals surface area (Å²) in [6, 6.07) is 0.148. The Balaban J connectivity index is 4.11. The van der Waals surface area contributed by atoms with Crippen LogP contribution in [0.2, 0.25) is 0 Å². The van der Waals surface area contributed by atoms with Crippen LogP contribution in [0.25, 0.3) is 0 Å². The van der Waals surface area contributed by atoms with Gasteiger partial charge in [0.25, 0.3) is 0 Å². The molecular formula is C11H24N2O4. The van der Waals surface area contributed by atoms with Crippen LogP contribution in [-0.4, -0.2) is 75.6 Å². The van der Waals surface area contributed by atoms with E-state index in [9.17, 15) is 4.79 Å². The molecule has 6 heteroatoms. The van der Waals surface area contributed by atoms with Gasteiger partial charge in [0.05, 0.1) is 26.4 Å². The first-order valence-electron chi connectivity index (χ1n) is 5.75. The van der Waals surface area contributed by atoms with E-state index in [2.05, 4.69) is 5.32 Å². The monoisotopic (exact) mass is 248 g/mol. The fraction of sp³-hybridized carbons (Fsp3) is 0.909. The molecule has 6 nitrogen and oxygen atoms in total. The molecule has 0 aromatic rings. The van der Waals surface area contributed by atoms with Crippen molar-refractivity contribution in [1.29, 1.82) is 0 Å². The third-order valence-electron chi connectivity index (χ3n) is 2.39. The van der Waals surface area contributed by atoms with Crippen molar-refractivity contribution in [3.8, 4) is 0 Å². The van der Waals surface area contributed by atoms with E-state index in [-0.39, 0.29) is 31.6 Å². The second-order valence-electron chi connectivity index (χ2n) is 3.84. The van der Waals surface area contributed by atoms with E-state index in [0.29, 0.717) is 19.8 Å². The summed E-state index contributed by atoms with van der Waals surface area (Å²) in [6.07, 6.45) is 0. The molecule has 0 aromatic heterocycles. The number of rotatable bonds is 10. The highest BCUT2D eigenvalue weighted by Gasteiger charge is 2.16. The lowest BCUT2D eigenvalue weighted by atomic mass is 10.3. The third kappa shape index (κ3) is 8.09. The number of hydrogen-bond donors (Lipinski definition) is 2. The Morgan fingerprint density at radius 2 is 2.12 bits per heavy atom. The summed E-state index contributed by atoms with van der Waals surface area (Å²) in [7, 11) is 3.27. The molecule has 102 valence electrons. The molecular weight excluding hydrogens is 224 g/mol. The van der Waals surface area contributed by atoms with E-state index in [1.165, 1.54) is 0 Å². The molecule has 1 atom stereocenters. The van der Waals surface area contributed by atoms with Gasteiger partial charge in [-0.2, -0.15) is 0 Å². The molecule has 0 aromatic carbocycles. The quantitative estimate of drug-likeness (QED) is 0.523. The van der Waals surface area contributed by atoms with E-state index in [0.717, 1.165) is 0 Å². The molecule has 0 saturated carbocycles. The van der Waals surface area contributed by atoms with Crippen molar-refractivity contribution in [2.45, 2.75) is 13.0 Å². The topological polar surface area (TPSA) is 71.0 Å². The number of nitrogens with one attached hydrogen (secondary N) is 1. The van der Waals surface area contributed by atoms with E-state index in [1.54, 1.807) is 14.2 Å². The first-order chi connectivity index (χ1) is 8.15. The fourth-order valence-corrected chi connectivity index (χ4v) is 1.45. The maximum atomic E-state index is 11.5. The third-order valence-corrected chi connectivity index (χ3v) is 2.39. The van der Waals surface area contributed by atoms with Crippen molar-refractivity contribution in [3.05, 3.63) is 0 Å². The van der Waals surface area contributed by atoms with E-state index < -0.39 is 0 Å². The van der Waals surface area contributed by atoms with Crippen molar-refractivity contribution in [2.24, 2.45) is 0 Å². The molecule has 0 fully saturated rings. The number of methoxy groups -OCH3 is 2. The van der Waals surface area contributed by atoms with Crippen LogP contribution < -0.4 is 5.32 Å². The lowest BCUT2D eigenvalue weighted by Crippen LogP contribution is -2.45. The number of ether oxygens (including phenoxy) is 2. The number of amides is 1. The van der Waals surface area contributed by atoms with Gasteiger partial charge in [0.2, 0.25) is 5.91 Å². The van der Waals surface area contributed by atoms with Gasteiger partial charge in [-0.05, 0) is 6.92 Å². The minimum atomic E-state index is -0.0990. The van der Waals surface area contributed by atoms with Gasteiger partial charge in [-0.3, -0.25) is 9.69 Å². The fourth-order valence-electron chi connectivity index (χ4n) is 1.45. The zero-order valence-electron chi connectivity index (χ0n) is 10.9. The highest BCUT2D eigenvalue weighted by atomic mass is 16.5. The maximum Gasteiger partial charge on any atom is 0.234 e. The van der Waals surface area contributed by atoms with Gasteiger partial charge < -0.3 is 19.9 Å². The van der Waals surface area contributed by atoms with Gasteiger partial charge in [-0.15, -0.1) is 0 Å². The lowest BCUT2D eigenvalue weighted by molar-refractivity contribution is -0.123. The molecule has 17 heavy (non-hydrogen) atoms. The van der Waals surface area contributed by atoms with E-state index in [1.807, 2.05) is 11.8 Å². The SMILES string of the molecule is COCCN(CC(=O)NCCO)C(C)COC. The first kappa shape index (κ1) is 16.3. The van der Waals surface area contributed by atoms with Gasteiger partial charge in [-0.25, -0.2) is 0 Å². The van der Waals surface area contributed by atoms with E-state index in [4.69, 9.17) is 14.6 Å². The predicted octanol–water partition coefficient (Wildman–Crippen LogP) is -0.922. The summed E-state index contributed by atoms with van der Waals surface area (Å²) in [5.41, 5.74) is 0. The standard InChI is InChI=1S/C11H24N2O4/c1-10(9-17-3)13(5-7-16-2)8-11(15)12-4-6-14/h10,14H,4-9H2,1-3H3,(H,12,15). The number of carbonyl (C=O) groups excluding carboxylic acids is 1. The molecule has 0 aliphatic heterocycles. The Morgan fingerprint density at radius 1 is 1.41 bits per heavy atom. The van der Waals surface area contributed by atoms with Crippen LogP contribution in [0, 0.1) is 0 Å². The molecule has 0 spiro atoms. The van der Waals surface area contributed by atoms with Crippen LogP contribution >= 0.6 is 0 Å². The Morgan fingerprint density at radius 3 is 2.65 bits per heavy atom. The summed E-state index contributed by atoms with van der Waals surface area (Å²) in [5, 5.41) is 11.2. The van der Waals surface area contributed by atoms with Gasteiger partial charge >= 0.3 is 0 Å². The van der Waals surface area contributed by atoms with Gasteiger partial charge in [-0.1, -0.05) is 0 Å². The highest BCUT2D eigenvalue weighted by Crippen LogP contribution is 1.99. The Labute approximate surface area is 103 Å². The van der Waals surface area contributed by atoms with Gasteiger partial charge in [0.15, 0.2) is 0 Å². The molecule has 0 aliphatic carbocycles. The number of hydrogen-bond acceptors (Lipinski definition) is 5. The van der Waals surface area contributed by atoms with Crippen molar-refractivity contribution in [1.82, 2.24) is 10.2 Å². The van der Waals surface area contributed by atoms with Crippen molar-refractivity contribution in [2.75, 3.05) is 53.7 Å². The molecule has 0 aliphatic rings. The Kier molecular flexibility index (Phi) is 10.0. The van der Waals surface area contributed by atoms with Crippen molar-refractivity contribution in [3.63, 3.8) is 0 Å². The zero-order chi connectivity index (χ0) is 13.1. The van der Waals surface area contributed by atoms with Crippen LogP contribution in [-0.2, 0) is 14.3 Å². The molecule has 2 N–H and O–H groups in total. The summed E-state index contributed by atoms with van der Waals surface area (Å²) in [5.74, 6) is -0.0990. The molecule has 0 rings (SSSR count). The molecule has 0 bridgehead atoms. The number of nitrogens with zero attached hydrogens (tertiary/aromatic N) is 1. The van der Waals surface area contributed by atoms with Crippen molar-refractivity contribution >= 4 is 5.91 Å². The van der Waals surface area contributed by atoms with Crippen molar-refractivity contribution < 1.29 is 19.4 Å². The average Bonchev–Trinajstić information content (AvgIpc) is 2.32. The second kappa shape index (κ2) is 10.5. The van der Waals surface area contributed by atoms with Gasteiger partial charge in [0.1, 0.15) is 0 Å². The molecule has 1 amide bonds. The highest BCUT2D eigenvalue weighted by molar-refractivity contribution is 5.78. The molecule has 1 unspecified atom stereocenters. The number of carbonyl (C=O) groups is 1. The Hall–Kier alpha value is -0.690. The van der Waals surface area contributed by atoms with Crippen LogP contribution in [0.15, 0.2) is 0 Å². The van der Waals surface area contributed by atoms with Crippen LogP contribution in [0.3, 0.4) is 0 Å². The summed E-state index contributed by atoms with van der Waals surface area (Å²) < 4.78 is 10.1. The molecule has 0 heterocycles. The zero-order valence-corrected chi connectivity index (χ0v) is 10.9. The molecule has 0 saturated heterocycles. The Bertz CT molecular complexity index is 202. The van der Waals surface area contributed by atoms with Crippen LogP contribution in [0.1, 0.15) is 6.92 Å². The number of aliphatic hydroxyl groups excluding tert-OH is 1. The average molecular weight is 248 g/mol. The van der Waals surface area contributed by atoms with Gasteiger partial charge in [0, 0.05) is 33.4 Å². The minimum Gasteiger partial charge on any atom is -0.395 e. The largest absolute Gasteiger partial charge is 0.395 e. The van der Waals surface area contributed by atoms with E-state index >= 15 is 0 Å². The second-order valence-corrected chi connectivity index (χ2v) is 3.84. The van der Waals surface area contributed by atoms with Crippen LogP contribution in [0.5, 0.6) is 0 Å². The first-order valence-corrected chi connectivity index (χ1v) is 5.75. The smallest absolute Gasteiger partial charge is 0.234 e. The molecule has 0 radical (unpaired) electrons. The lowest BCUT2D eigenvalue weighted by Gasteiger charge is -2.27. The minimum absolute atomic E-state index is 0.0442. The normalized spacial score (nSPS) is 12.8. The maximum absolute atomic E-state index is 11.5. The number of aliphatic hydroxyl groups is 1. The summed E-state index contributed by atoms with van der Waals surface area (Å²) in [6.45, 7) is 4.34. The predicted molar refractivity (Wildman–Crippen MR) is 64.9 cm³/mol. The van der Waals surface area contributed by atoms with Crippen LogP contribution in [0.4, 0.5) is 0 Å². The summed E-state index contributed by atoms with van der Waals surface area (Å²) >= 11 is 0. The summed E-state index contributed by atoms with van der Waals surface area (Å²) in [4.78, 5) is 13.5.